The summed E-state index contributed by atoms with van der Waals surface area (Å²) in [6, 6.07) is 8.02. The number of nitrogens with one attached hydrogen (secondary N) is 2. The topological polar surface area (TPSA) is 251 Å². The van der Waals surface area contributed by atoms with Crippen molar-refractivity contribution in [3.63, 3.8) is 0 Å². The van der Waals surface area contributed by atoms with Gasteiger partial charge in [0, 0.05) is 52.6 Å². The molecule has 3 saturated heterocycles. The second kappa shape index (κ2) is 29.7. The number of alkyl halides is 3. The zero-order valence-electron chi connectivity index (χ0n) is 47.2. The first-order valence-corrected chi connectivity index (χ1v) is 26.2. The summed E-state index contributed by atoms with van der Waals surface area (Å²) in [4.78, 5) is 91.4. The molecule has 22 heteroatoms. The molecule has 5 N–H and O–H groups in total. The van der Waals surface area contributed by atoms with E-state index in [2.05, 4.69) is 24.5 Å². The number of halogens is 3. The van der Waals surface area contributed by atoms with Gasteiger partial charge in [-0.1, -0.05) is 71.4 Å². The SMILES string of the molecule is CC(C)(C)OC(=O)N1CCC[C@]1(C)C(=O)O.CC[C@H](C)[C@@H]([C@@H](CC(=O)N1CCC[C@H]1[C@H](OC)[C@@H](C)C(O)N[C@@H](Cc1ccccc1)C(=O)OC)OC)N(C)C(=O)[C@@H](CC(=O)[C@@]1(C)CCCN1)C(C)C.O=C(O)C(F)(F)F. The number of nitrogens with zero attached hydrogens (tertiary/aromatic N) is 3. The number of rotatable bonds is 22. The molecule has 0 radical (unpaired) electrons. The second-order valence-electron chi connectivity index (χ2n) is 22.0. The molecule has 76 heavy (non-hydrogen) atoms. The van der Waals surface area contributed by atoms with Crippen LogP contribution in [0, 0.1) is 23.7 Å². The lowest BCUT2D eigenvalue weighted by molar-refractivity contribution is -0.192. The molecule has 3 heterocycles. The monoisotopic (exact) mass is 1090 g/mol. The van der Waals surface area contributed by atoms with E-state index in [0.29, 0.717) is 38.8 Å². The number of amides is 3. The lowest BCUT2D eigenvalue weighted by Gasteiger charge is -2.41. The largest absolute Gasteiger partial charge is 0.490 e. The highest BCUT2D eigenvalue weighted by Gasteiger charge is 2.48. The Balaban J connectivity index is 0.000000705. The third-order valence-electron chi connectivity index (χ3n) is 15.0. The fourth-order valence-corrected chi connectivity index (χ4v) is 10.1. The molecule has 1 unspecified atom stereocenters. The van der Waals surface area contributed by atoms with Gasteiger partial charge < -0.3 is 49.4 Å². The number of aliphatic hydroxyl groups excluding tert-OH is 1. The minimum absolute atomic E-state index is 0.0141. The average molecular weight is 1090 g/mol. The molecular weight excluding hydrogens is 1000 g/mol. The summed E-state index contributed by atoms with van der Waals surface area (Å²) >= 11 is 0. The van der Waals surface area contributed by atoms with Crippen LogP contribution in [0.1, 0.15) is 133 Å². The van der Waals surface area contributed by atoms with Crippen molar-refractivity contribution in [1.29, 1.82) is 0 Å². The zero-order valence-corrected chi connectivity index (χ0v) is 47.2. The zero-order chi connectivity index (χ0) is 58.1. The van der Waals surface area contributed by atoms with Gasteiger partial charge in [0.1, 0.15) is 23.4 Å². The van der Waals surface area contributed by atoms with Crippen LogP contribution < -0.4 is 10.6 Å². The molecule has 0 saturated carbocycles. The molecule has 1 aromatic rings. The summed E-state index contributed by atoms with van der Waals surface area (Å²) in [5.74, 6) is -5.40. The molecule has 0 bridgehead atoms. The number of aliphatic carboxylic acids is 2. The Bertz CT molecular complexity index is 2050. The number of aliphatic hydroxyl groups is 1. The summed E-state index contributed by atoms with van der Waals surface area (Å²) < 4.78 is 54.0. The number of Topliss-reactive ketones (excluding diaryl/α,β-unsaturated/α-hetero) is 1. The Labute approximate surface area is 447 Å². The van der Waals surface area contributed by atoms with Crippen LogP contribution in [0.25, 0.3) is 0 Å². The van der Waals surface area contributed by atoms with Gasteiger partial charge in [-0.3, -0.25) is 29.4 Å². The molecule has 1 aromatic carbocycles. The van der Waals surface area contributed by atoms with E-state index >= 15 is 0 Å². The van der Waals surface area contributed by atoms with Crippen LogP contribution in [-0.2, 0) is 54.1 Å². The number of likely N-dealkylation sites (tertiary alicyclic amines) is 2. The van der Waals surface area contributed by atoms with E-state index in [1.54, 1.807) is 53.9 Å². The number of carbonyl (C=O) groups is 7. The maximum Gasteiger partial charge on any atom is 0.490 e. The van der Waals surface area contributed by atoms with Gasteiger partial charge in [-0.25, -0.2) is 14.4 Å². The number of esters is 1. The molecule has 4 rings (SSSR count). The Hall–Kier alpha value is -4.90. The number of ether oxygens (including phenoxy) is 4. The van der Waals surface area contributed by atoms with Crippen molar-refractivity contribution in [3.8, 4) is 0 Å². The fourth-order valence-electron chi connectivity index (χ4n) is 10.1. The summed E-state index contributed by atoms with van der Waals surface area (Å²) in [7, 11) is 6.26. The highest BCUT2D eigenvalue weighted by Crippen LogP contribution is 2.34. The van der Waals surface area contributed by atoms with Crippen LogP contribution in [0.4, 0.5) is 18.0 Å². The van der Waals surface area contributed by atoms with Gasteiger partial charge in [0.25, 0.3) is 0 Å². The summed E-state index contributed by atoms with van der Waals surface area (Å²) in [5.41, 5.74) is -1.41. The highest BCUT2D eigenvalue weighted by molar-refractivity contribution is 5.93. The average Bonchev–Trinajstić information content (AvgIpc) is 4.13. The standard InChI is InChI=1S/C41H68N4O8.C11H19NO4.C2HF3O2/c1-11-27(4)36(44(7)39(49)30(26(2)3)24-34(46)41(6)20-16-21-42-41)33(51-8)25-35(47)45-22-15-19-32(45)37(52-9)28(5)38(48)43-31(40(50)53-10)23-29-17-13-12-14-18-29;1-10(2,3)16-9(15)12-7-5-6-11(12,4)8(13)14;3-2(4,5)1(6)7/h12-14,17-18,26-28,30-33,36-38,42-43,48H,11,15-16,19-25H2,1-10H3;5-7H2,1-4H3,(H,13,14);(H,6,7)/t27-,28+,30-,31-,32-,33+,36-,37+,38?,41+;11-;/m01./s1. The lowest BCUT2D eigenvalue weighted by Crippen LogP contribution is -2.56. The number of carbonyl (C=O) groups excluding carboxylic acids is 5. The molecule has 0 aromatic heterocycles. The van der Waals surface area contributed by atoms with Crippen molar-refractivity contribution >= 4 is 41.6 Å². The van der Waals surface area contributed by atoms with Crippen molar-refractivity contribution in [1.82, 2.24) is 25.3 Å². The second-order valence-corrected chi connectivity index (χ2v) is 22.0. The maximum absolute atomic E-state index is 14.3. The Kier molecular flexibility index (Phi) is 26.3. The number of hydrogen-bond acceptors (Lipinski definition) is 14. The molecule has 0 spiro atoms. The number of benzene rings is 1. The molecule has 0 aliphatic carbocycles. The number of carboxylic acid groups (broad SMARTS) is 2. The predicted octanol–water partition coefficient (Wildman–Crippen LogP) is 6.47. The van der Waals surface area contributed by atoms with E-state index in [1.807, 2.05) is 62.9 Å². The molecule has 3 aliphatic rings. The third-order valence-corrected chi connectivity index (χ3v) is 15.0. The van der Waals surface area contributed by atoms with Gasteiger partial charge in [-0.05, 0) is 104 Å². The van der Waals surface area contributed by atoms with E-state index in [9.17, 15) is 47.0 Å². The van der Waals surface area contributed by atoms with Crippen molar-refractivity contribution in [2.75, 3.05) is 48.0 Å². The van der Waals surface area contributed by atoms with Crippen molar-refractivity contribution in [2.24, 2.45) is 23.7 Å². The number of methoxy groups -OCH3 is 3. The van der Waals surface area contributed by atoms with Crippen LogP contribution >= 0.6 is 0 Å². The van der Waals surface area contributed by atoms with Crippen molar-refractivity contribution in [2.45, 2.75) is 193 Å². The quantitative estimate of drug-likeness (QED) is 0.0617. The number of hydrogen-bond donors (Lipinski definition) is 5. The van der Waals surface area contributed by atoms with Crippen LogP contribution in [0.3, 0.4) is 0 Å². The molecule has 11 atom stereocenters. The third kappa shape index (κ3) is 18.9. The highest BCUT2D eigenvalue weighted by atomic mass is 19.4. The van der Waals surface area contributed by atoms with Gasteiger partial charge in [0.05, 0.1) is 43.4 Å². The fraction of sp³-hybridized carbons (Fsp3) is 0.759. The molecule has 3 amide bonds. The van der Waals surface area contributed by atoms with Crippen LogP contribution in [-0.4, -0.2) is 179 Å². The van der Waals surface area contributed by atoms with E-state index in [-0.39, 0.29) is 48.3 Å². The van der Waals surface area contributed by atoms with Crippen LogP contribution in [0.5, 0.6) is 0 Å². The Morgan fingerprint density at radius 2 is 1.50 bits per heavy atom. The summed E-state index contributed by atoms with van der Waals surface area (Å²) in [5, 5.41) is 34.1. The molecule has 3 fully saturated rings. The van der Waals surface area contributed by atoms with E-state index < -0.39 is 89.2 Å². The minimum Gasteiger partial charge on any atom is -0.480 e. The minimum atomic E-state index is -5.08. The first-order valence-electron chi connectivity index (χ1n) is 26.2. The summed E-state index contributed by atoms with van der Waals surface area (Å²) in [6.07, 6.45) is -2.23. The number of likely N-dealkylation sites (N-methyl/N-ethyl adjacent to an activating group) is 1. The van der Waals surface area contributed by atoms with Crippen molar-refractivity contribution < 1.29 is 81.0 Å². The predicted molar refractivity (Wildman–Crippen MR) is 277 cm³/mol. The normalized spacial score (nSPS) is 22.8. The first-order chi connectivity index (χ1) is 35.2. The smallest absolute Gasteiger partial charge is 0.480 e. The van der Waals surface area contributed by atoms with Gasteiger partial charge >= 0.3 is 30.2 Å². The van der Waals surface area contributed by atoms with E-state index in [1.165, 1.54) is 12.0 Å². The van der Waals surface area contributed by atoms with E-state index in [4.69, 9.17) is 34.0 Å². The van der Waals surface area contributed by atoms with Crippen LogP contribution in [0.2, 0.25) is 0 Å². The molecule has 434 valence electrons. The molecular formula is C54H88F3N5O14. The summed E-state index contributed by atoms with van der Waals surface area (Å²) in [6.45, 7) is 20.5. The Morgan fingerprint density at radius 1 is 0.895 bits per heavy atom. The maximum atomic E-state index is 14.3. The van der Waals surface area contributed by atoms with Gasteiger partial charge in [-0.2, -0.15) is 13.2 Å². The van der Waals surface area contributed by atoms with Crippen molar-refractivity contribution in [3.05, 3.63) is 35.9 Å². The number of carboxylic acids is 2. The first kappa shape index (κ1) is 67.2. The molecule has 3 aliphatic heterocycles. The van der Waals surface area contributed by atoms with Gasteiger partial charge in [0.2, 0.25) is 11.8 Å². The van der Waals surface area contributed by atoms with Crippen LogP contribution in [0.15, 0.2) is 30.3 Å². The van der Waals surface area contributed by atoms with E-state index in [0.717, 1.165) is 37.8 Å². The van der Waals surface area contributed by atoms with Gasteiger partial charge in [0.15, 0.2) is 5.78 Å². The number of ketones is 1. The lowest BCUT2D eigenvalue weighted by atomic mass is 9.82. The van der Waals surface area contributed by atoms with Gasteiger partial charge in [-0.15, -0.1) is 0 Å². The Morgan fingerprint density at radius 3 is 1.97 bits per heavy atom. The molecule has 19 nitrogen and oxygen atoms in total.